The van der Waals surface area contributed by atoms with Crippen molar-refractivity contribution >= 4 is 5.91 Å². The molecule has 2 N–H and O–H groups in total. The molecule has 88 valence electrons. The molecule has 1 rings (SSSR count). The van der Waals surface area contributed by atoms with Gasteiger partial charge in [0.1, 0.15) is 0 Å². The molecule has 5 nitrogen and oxygen atoms in total. The number of primary amides is 1. The van der Waals surface area contributed by atoms with E-state index in [0.29, 0.717) is 13.2 Å². The third kappa shape index (κ3) is 4.15. The maximum atomic E-state index is 10.9. The van der Waals surface area contributed by atoms with Crippen molar-refractivity contribution in [1.82, 2.24) is 4.90 Å². The topological polar surface area (TPSA) is 64.8 Å². The Balaban J connectivity index is 2.55. The lowest BCUT2D eigenvalue weighted by atomic mass is 10.1. The normalized spacial score (nSPS) is 26.5. The molecule has 0 spiro atoms. The number of nitrogens with zero attached hydrogens (tertiary/aromatic N) is 1. The molecule has 1 aliphatic rings. The summed E-state index contributed by atoms with van der Waals surface area (Å²) in [4.78, 5) is 12.9. The molecule has 0 bridgehead atoms. The molecule has 0 aromatic rings. The predicted octanol–water partition coefficient (Wildman–Crippen LogP) is -0.402. The number of nitrogens with two attached hydrogens (primary N) is 1. The molecule has 0 unspecified atom stereocenters. The van der Waals surface area contributed by atoms with Gasteiger partial charge >= 0.3 is 0 Å². The van der Waals surface area contributed by atoms with Crippen LogP contribution in [0.2, 0.25) is 0 Å². The highest BCUT2D eigenvalue weighted by molar-refractivity contribution is 5.75. The van der Waals surface area contributed by atoms with Crippen molar-refractivity contribution in [2.75, 3.05) is 33.4 Å². The van der Waals surface area contributed by atoms with E-state index in [-0.39, 0.29) is 24.2 Å². The molecule has 0 saturated carbocycles. The van der Waals surface area contributed by atoms with Crippen LogP contribution < -0.4 is 5.73 Å². The van der Waals surface area contributed by atoms with Crippen LogP contribution in [0.1, 0.15) is 13.8 Å². The highest BCUT2D eigenvalue weighted by atomic mass is 16.5. The van der Waals surface area contributed by atoms with E-state index in [0.717, 1.165) is 6.54 Å². The maximum absolute atomic E-state index is 10.9. The van der Waals surface area contributed by atoms with Gasteiger partial charge in [-0.15, -0.1) is 0 Å². The lowest BCUT2D eigenvalue weighted by Gasteiger charge is -2.42. The molecular weight excluding hydrogens is 196 g/mol. The van der Waals surface area contributed by atoms with Gasteiger partial charge in [-0.25, -0.2) is 0 Å². The summed E-state index contributed by atoms with van der Waals surface area (Å²) >= 11 is 0. The van der Waals surface area contributed by atoms with Crippen LogP contribution >= 0.6 is 0 Å². The first-order chi connectivity index (χ1) is 6.93. The van der Waals surface area contributed by atoms with Crippen molar-refractivity contribution < 1.29 is 14.3 Å². The Bertz CT molecular complexity index is 231. The van der Waals surface area contributed by atoms with Crippen LogP contribution in [-0.4, -0.2) is 55.9 Å². The molecule has 1 atom stereocenters. The first kappa shape index (κ1) is 12.4. The van der Waals surface area contributed by atoms with E-state index < -0.39 is 0 Å². The average Bonchev–Trinajstić information content (AvgIpc) is 1.99. The highest BCUT2D eigenvalue weighted by Gasteiger charge is 2.33. The van der Waals surface area contributed by atoms with Gasteiger partial charge in [-0.3, -0.25) is 9.69 Å². The molecule has 5 heteroatoms. The van der Waals surface area contributed by atoms with Gasteiger partial charge in [0.05, 0.1) is 24.9 Å². The summed E-state index contributed by atoms with van der Waals surface area (Å²) < 4.78 is 10.9. The van der Waals surface area contributed by atoms with E-state index in [1.54, 1.807) is 7.11 Å². The van der Waals surface area contributed by atoms with Crippen LogP contribution in [0.15, 0.2) is 0 Å². The number of ether oxygens (including phenoxy) is 2. The number of carbonyl (C=O) groups excluding carboxylic acids is 1. The third-order valence-corrected chi connectivity index (χ3v) is 2.28. The summed E-state index contributed by atoms with van der Waals surface area (Å²) in [5.41, 5.74) is 4.93. The van der Waals surface area contributed by atoms with Crippen LogP contribution in [0.3, 0.4) is 0 Å². The van der Waals surface area contributed by atoms with Crippen molar-refractivity contribution in [2.24, 2.45) is 5.73 Å². The van der Waals surface area contributed by atoms with Gasteiger partial charge < -0.3 is 15.2 Å². The molecule has 1 saturated heterocycles. The van der Waals surface area contributed by atoms with E-state index >= 15 is 0 Å². The van der Waals surface area contributed by atoms with Gasteiger partial charge in [0, 0.05) is 20.2 Å². The maximum Gasteiger partial charge on any atom is 0.231 e. The molecule has 0 aromatic heterocycles. The summed E-state index contributed by atoms with van der Waals surface area (Å²) in [7, 11) is 1.64. The predicted molar refractivity (Wildman–Crippen MR) is 56.5 cm³/mol. The summed E-state index contributed by atoms with van der Waals surface area (Å²) in [5, 5.41) is 0. The number of carbonyl (C=O) groups is 1. The molecule has 1 amide bonds. The smallest absolute Gasteiger partial charge is 0.231 e. The summed E-state index contributed by atoms with van der Waals surface area (Å²) in [6, 6.07) is 0. The lowest BCUT2D eigenvalue weighted by molar-refractivity contribution is -0.155. The van der Waals surface area contributed by atoms with Crippen LogP contribution in [0, 0.1) is 0 Å². The van der Waals surface area contributed by atoms with Gasteiger partial charge in [-0.1, -0.05) is 0 Å². The van der Waals surface area contributed by atoms with Gasteiger partial charge in [-0.2, -0.15) is 0 Å². The van der Waals surface area contributed by atoms with Crippen LogP contribution in [0.25, 0.3) is 0 Å². The van der Waals surface area contributed by atoms with E-state index in [1.165, 1.54) is 0 Å². The van der Waals surface area contributed by atoms with Crippen molar-refractivity contribution in [1.29, 1.82) is 0 Å². The van der Waals surface area contributed by atoms with Crippen molar-refractivity contribution in [3.8, 4) is 0 Å². The molecular formula is C10H20N2O3. The molecule has 1 aliphatic heterocycles. The van der Waals surface area contributed by atoms with Gasteiger partial charge in [-0.05, 0) is 13.8 Å². The standard InChI is InChI=1S/C10H20N2O3/c1-10(2)7-12(5-9(11)13)4-8(15-10)6-14-3/h8H,4-7H2,1-3H3,(H2,11,13)/t8-/m0/s1. The summed E-state index contributed by atoms with van der Waals surface area (Å²) in [6.45, 7) is 6.24. The zero-order valence-corrected chi connectivity index (χ0v) is 9.66. The minimum absolute atomic E-state index is 0.0121. The molecule has 0 aliphatic carbocycles. The average molecular weight is 216 g/mol. The first-order valence-corrected chi connectivity index (χ1v) is 5.10. The monoisotopic (exact) mass is 216 g/mol. The van der Waals surface area contributed by atoms with E-state index in [4.69, 9.17) is 15.2 Å². The molecule has 15 heavy (non-hydrogen) atoms. The fraction of sp³-hybridized carbons (Fsp3) is 0.900. The van der Waals surface area contributed by atoms with Crippen molar-refractivity contribution in [3.63, 3.8) is 0 Å². The Kier molecular flexibility index (Phi) is 4.07. The zero-order valence-electron chi connectivity index (χ0n) is 9.66. The van der Waals surface area contributed by atoms with E-state index in [2.05, 4.69) is 0 Å². The third-order valence-electron chi connectivity index (χ3n) is 2.28. The minimum atomic E-state index is -0.302. The summed E-state index contributed by atoms with van der Waals surface area (Å²) in [5.74, 6) is -0.302. The Hall–Kier alpha value is -0.650. The fourth-order valence-electron chi connectivity index (χ4n) is 2.03. The van der Waals surface area contributed by atoms with E-state index in [1.807, 2.05) is 18.7 Å². The molecule has 1 heterocycles. The number of rotatable bonds is 4. The number of hydrogen-bond donors (Lipinski definition) is 1. The Morgan fingerprint density at radius 1 is 1.67 bits per heavy atom. The Labute approximate surface area is 90.5 Å². The van der Waals surface area contributed by atoms with E-state index in [9.17, 15) is 4.79 Å². The van der Waals surface area contributed by atoms with Crippen molar-refractivity contribution in [2.45, 2.75) is 25.6 Å². The summed E-state index contributed by atoms with van der Waals surface area (Å²) in [6.07, 6.45) is 0.0121. The Morgan fingerprint density at radius 2 is 2.33 bits per heavy atom. The highest BCUT2D eigenvalue weighted by Crippen LogP contribution is 2.20. The van der Waals surface area contributed by atoms with Gasteiger partial charge in [0.25, 0.3) is 0 Å². The van der Waals surface area contributed by atoms with Crippen LogP contribution in [0.5, 0.6) is 0 Å². The second kappa shape index (κ2) is 4.92. The lowest BCUT2D eigenvalue weighted by Crippen LogP contribution is -2.55. The number of morpholine rings is 1. The number of methoxy groups -OCH3 is 1. The molecule has 0 aromatic carbocycles. The minimum Gasteiger partial charge on any atom is -0.382 e. The molecule has 1 fully saturated rings. The second-order valence-electron chi connectivity index (χ2n) is 4.59. The largest absolute Gasteiger partial charge is 0.382 e. The Morgan fingerprint density at radius 3 is 2.87 bits per heavy atom. The number of hydrogen-bond acceptors (Lipinski definition) is 4. The molecule has 0 radical (unpaired) electrons. The first-order valence-electron chi connectivity index (χ1n) is 5.10. The fourth-order valence-corrected chi connectivity index (χ4v) is 2.03. The SMILES string of the molecule is COC[C@@H]1CN(CC(N)=O)CC(C)(C)O1. The van der Waals surface area contributed by atoms with Crippen molar-refractivity contribution in [3.05, 3.63) is 0 Å². The van der Waals surface area contributed by atoms with Crippen LogP contribution in [0.4, 0.5) is 0 Å². The van der Waals surface area contributed by atoms with Crippen LogP contribution in [-0.2, 0) is 14.3 Å². The second-order valence-corrected chi connectivity index (χ2v) is 4.59. The quantitative estimate of drug-likeness (QED) is 0.694. The van der Waals surface area contributed by atoms with Gasteiger partial charge in [0.15, 0.2) is 0 Å². The zero-order chi connectivity index (χ0) is 11.5. The number of amides is 1. The van der Waals surface area contributed by atoms with Gasteiger partial charge in [0.2, 0.25) is 5.91 Å².